The molecule has 1 aromatic carbocycles. The summed E-state index contributed by atoms with van der Waals surface area (Å²) in [7, 11) is 0. The van der Waals surface area contributed by atoms with Gasteiger partial charge in [-0.3, -0.25) is 10.3 Å². The molecule has 0 aliphatic rings. The number of rotatable bonds is 5. The molecular weight excluding hydrogens is 349 g/mol. The number of aliphatic imine (C=N–C) groups is 1. The zero-order valence-corrected chi connectivity index (χ0v) is 15.0. The molecule has 0 unspecified atom stereocenters. The summed E-state index contributed by atoms with van der Waals surface area (Å²) >= 11 is 0. The number of anilines is 1. The second-order valence-corrected chi connectivity index (χ2v) is 6.26. The summed E-state index contributed by atoms with van der Waals surface area (Å²) in [6.45, 7) is 9.98. The Morgan fingerprint density at radius 3 is 2.46 bits per heavy atom. The van der Waals surface area contributed by atoms with Crippen LogP contribution in [0.25, 0.3) is 5.57 Å². The first-order valence-corrected chi connectivity index (χ1v) is 7.61. The molecule has 5 nitrogen and oxygen atoms in total. The number of carbonyl (C=O) groups is 1. The molecular formula is C18H21F3N2O3. The fourth-order valence-corrected chi connectivity index (χ4v) is 1.84. The fourth-order valence-electron chi connectivity index (χ4n) is 1.84. The maximum absolute atomic E-state index is 12.6. The minimum Gasteiger partial charge on any atom is -0.444 e. The highest BCUT2D eigenvalue weighted by Gasteiger charge is 2.32. The summed E-state index contributed by atoms with van der Waals surface area (Å²) < 4.78 is 46.8. The zero-order chi connectivity index (χ0) is 20.0. The first kappa shape index (κ1) is 21.3. The van der Waals surface area contributed by atoms with Crippen LogP contribution >= 0.6 is 0 Å². The summed E-state index contributed by atoms with van der Waals surface area (Å²) in [5, 5.41) is 2.29. The average Bonchev–Trinajstić information content (AvgIpc) is 2.45. The SMILES string of the molecule is C=N/C=C\C=C(/C)c1ccc(OC(F)(F)F)c(NC(=O)OC(C)(C)C)c1. The van der Waals surface area contributed by atoms with E-state index >= 15 is 0 Å². The number of hydrogen-bond acceptors (Lipinski definition) is 4. The lowest BCUT2D eigenvalue weighted by molar-refractivity contribution is -0.274. The standard InChI is InChI=1S/C18H21F3N2O3/c1-12(7-6-10-22-5)13-8-9-15(25-18(19,20)21)14(11-13)23-16(24)26-17(2,3)4/h6-11H,5H2,1-4H3,(H,23,24)/b10-6-,12-7+. The summed E-state index contributed by atoms with van der Waals surface area (Å²) in [6, 6.07) is 3.94. The number of ether oxygens (including phenoxy) is 2. The first-order valence-electron chi connectivity index (χ1n) is 7.61. The van der Waals surface area contributed by atoms with Crippen LogP contribution in [0.4, 0.5) is 23.7 Å². The third-order valence-corrected chi connectivity index (χ3v) is 2.83. The highest BCUT2D eigenvalue weighted by molar-refractivity contribution is 5.88. The van der Waals surface area contributed by atoms with Crippen LogP contribution in [0.3, 0.4) is 0 Å². The maximum Gasteiger partial charge on any atom is 0.573 e. The highest BCUT2D eigenvalue weighted by Crippen LogP contribution is 2.33. The predicted molar refractivity (Wildman–Crippen MR) is 95.3 cm³/mol. The van der Waals surface area contributed by atoms with Crippen LogP contribution in [0.15, 0.2) is 41.5 Å². The zero-order valence-electron chi connectivity index (χ0n) is 15.0. The van der Waals surface area contributed by atoms with Gasteiger partial charge in [0.15, 0.2) is 5.75 Å². The van der Waals surface area contributed by atoms with Gasteiger partial charge in [-0.2, -0.15) is 0 Å². The molecule has 0 fully saturated rings. The first-order chi connectivity index (χ1) is 11.9. The monoisotopic (exact) mass is 370 g/mol. The van der Waals surface area contributed by atoms with E-state index in [1.54, 1.807) is 39.8 Å². The quantitative estimate of drug-likeness (QED) is 0.546. The summed E-state index contributed by atoms with van der Waals surface area (Å²) in [6.07, 6.45) is -0.992. The number of alkyl halides is 3. The Bertz CT molecular complexity index is 717. The Hall–Kier alpha value is -2.77. The van der Waals surface area contributed by atoms with Gasteiger partial charge in [0.25, 0.3) is 0 Å². The largest absolute Gasteiger partial charge is 0.573 e. The number of nitrogens with one attached hydrogen (secondary N) is 1. The minimum absolute atomic E-state index is 0.160. The third-order valence-electron chi connectivity index (χ3n) is 2.83. The van der Waals surface area contributed by atoms with Crippen LogP contribution in [0, 0.1) is 0 Å². The van der Waals surface area contributed by atoms with Crippen molar-refractivity contribution in [3.05, 3.63) is 42.1 Å². The second-order valence-electron chi connectivity index (χ2n) is 6.26. The van der Waals surface area contributed by atoms with Gasteiger partial charge < -0.3 is 9.47 Å². The number of benzene rings is 1. The van der Waals surface area contributed by atoms with E-state index in [1.165, 1.54) is 18.3 Å². The Morgan fingerprint density at radius 1 is 1.27 bits per heavy atom. The van der Waals surface area contributed by atoms with Crippen LogP contribution in [0.1, 0.15) is 33.3 Å². The molecule has 0 aliphatic heterocycles. The van der Waals surface area contributed by atoms with Crippen molar-refractivity contribution in [1.82, 2.24) is 0 Å². The molecule has 0 aliphatic carbocycles. The number of hydrogen-bond donors (Lipinski definition) is 1. The smallest absolute Gasteiger partial charge is 0.444 e. The van der Waals surface area contributed by atoms with Gasteiger partial charge >= 0.3 is 12.5 Å². The molecule has 0 spiro atoms. The van der Waals surface area contributed by atoms with Gasteiger partial charge in [0.1, 0.15) is 5.60 Å². The molecule has 0 heterocycles. The number of amides is 1. The molecule has 0 atom stereocenters. The van der Waals surface area contributed by atoms with Crippen LogP contribution in [-0.2, 0) is 4.74 Å². The minimum atomic E-state index is -4.89. The number of allylic oxidation sites excluding steroid dienone is 3. The van der Waals surface area contributed by atoms with Crippen LogP contribution in [-0.4, -0.2) is 24.8 Å². The summed E-state index contributed by atoms with van der Waals surface area (Å²) in [5.74, 6) is -0.539. The van der Waals surface area contributed by atoms with Crippen molar-refractivity contribution in [2.24, 2.45) is 4.99 Å². The maximum atomic E-state index is 12.6. The van der Waals surface area contributed by atoms with E-state index in [-0.39, 0.29) is 5.69 Å². The van der Waals surface area contributed by atoms with E-state index in [2.05, 4.69) is 21.8 Å². The summed E-state index contributed by atoms with van der Waals surface area (Å²) in [5.41, 5.74) is 0.355. The second kappa shape index (κ2) is 8.55. The van der Waals surface area contributed by atoms with E-state index < -0.39 is 23.8 Å². The Labute approximate surface area is 150 Å². The summed E-state index contributed by atoms with van der Waals surface area (Å²) in [4.78, 5) is 15.5. The molecule has 1 N–H and O–H groups in total. The molecule has 0 aromatic heterocycles. The van der Waals surface area contributed by atoms with Crippen molar-refractivity contribution in [2.75, 3.05) is 5.32 Å². The molecule has 1 amide bonds. The van der Waals surface area contributed by atoms with E-state index in [4.69, 9.17) is 4.74 Å². The Balaban J connectivity index is 3.20. The van der Waals surface area contributed by atoms with Crippen LogP contribution in [0.2, 0.25) is 0 Å². The average molecular weight is 370 g/mol. The van der Waals surface area contributed by atoms with Crippen molar-refractivity contribution >= 4 is 24.1 Å². The third kappa shape index (κ3) is 7.87. The molecule has 0 saturated heterocycles. The van der Waals surface area contributed by atoms with Crippen molar-refractivity contribution in [2.45, 2.75) is 39.7 Å². The molecule has 8 heteroatoms. The van der Waals surface area contributed by atoms with Crippen molar-refractivity contribution in [3.8, 4) is 5.75 Å². The lowest BCUT2D eigenvalue weighted by atomic mass is 10.1. The fraction of sp³-hybridized carbons (Fsp3) is 0.333. The van der Waals surface area contributed by atoms with Crippen molar-refractivity contribution in [1.29, 1.82) is 0 Å². The molecule has 26 heavy (non-hydrogen) atoms. The van der Waals surface area contributed by atoms with Gasteiger partial charge in [-0.25, -0.2) is 4.79 Å². The molecule has 1 rings (SSSR count). The molecule has 0 bridgehead atoms. The number of halogens is 3. The highest BCUT2D eigenvalue weighted by atomic mass is 19.4. The number of carbonyl (C=O) groups excluding carboxylic acids is 1. The van der Waals surface area contributed by atoms with Gasteiger partial charge in [-0.1, -0.05) is 12.1 Å². The molecule has 0 radical (unpaired) electrons. The van der Waals surface area contributed by atoms with Crippen LogP contribution in [0.5, 0.6) is 5.75 Å². The van der Waals surface area contributed by atoms with E-state index in [9.17, 15) is 18.0 Å². The molecule has 0 saturated carbocycles. The van der Waals surface area contributed by atoms with E-state index in [0.29, 0.717) is 5.56 Å². The number of nitrogens with zero attached hydrogens (tertiary/aromatic N) is 1. The topological polar surface area (TPSA) is 59.9 Å². The van der Waals surface area contributed by atoms with Crippen molar-refractivity contribution in [3.63, 3.8) is 0 Å². The molecule has 142 valence electrons. The molecule has 1 aromatic rings. The lowest BCUT2D eigenvalue weighted by Gasteiger charge is -2.21. The normalized spacial score (nSPS) is 12.8. The lowest BCUT2D eigenvalue weighted by Crippen LogP contribution is -2.27. The predicted octanol–water partition coefficient (Wildman–Crippen LogP) is 5.55. The van der Waals surface area contributed by atoms with Crippen LogP contribution < -0.4 is 10.1 Å². The van der Waals surface area contributed by atoms with Gasteiger partial charge in [0.05, 0.1) is 5.69 Å². The van der Waals surface area contributed by atoms with Crippen molar-refractivity contribution < 1.29 is 27.4 Å². The van der Waals surface area contributed by atoms with Gasteiger partial charge in [0.2, 0.25) is 0 Å². The van der Waals surface area contributed by atoms with Gasteiger partial charge in [-0.15, -0.1) is 13.2 Å². The van der Waals surface area contributed by atoms with Gasteiger partial charge in [-0.05, 0) is 63.8 Å². The van der Waals surface area contributed by atoms with Gasteiger partial charge in [0, 0.05) is 6.20 Å². The Kier molecular flexibility index (Phi) is 7.00. The van der Waals surface area contributed by atoms with E-state index in [1.807, 2.05) is 0 Å². The van der Waals surface area contributed by atoms with E-state index in [0.717, 1.165) is 11.6 Å². The Morgan fingerprint density at radius 2 is 1.92 bits per heavy atom.